The fourth-order valence-corrected chi connectivity index (χ4v) is 3.53. The summed E-state index contributed by atoms with van der Waals surface area (Å²) < 4.78 is 38.9. The van der Waals surface area contributed by atoms with Gasteiger partial charge in [0.15, 0.2) is 0 Å². The molecule has 2 N–H and O–H groups in total. The molecule has 1 saturated heterocycles. The van der Waals surface area contributed by atoms with Crippen LogP contribution >= 0.6 is 0 Å². The van der Waals surface area contributed by atoms with Crippen molar-refractivity contribution in [3.8, 4) is 0 Å². The summed E-state index contributed by atoms with van der Waals surface area (Å²) in [5.41, 5.74) is 6.84. The second-order valence-electron chi connectivity index (χ2n) is 8.97. The molecule has 2 rings (SSSR count). The van der Waals surface area contributed by atoms with Crippen molar-refractivity contribution in [2.24, 2.45) is 15.7 Å². The highest BCUT2D eigenvalue weighted by atomic mass is 19.4. The van der Waals surface area contributed by atoms with Crippen LogP contribution in [0.2, 0.25) is 0 Å². The lowest BCUT2D eigenvalue weighted by Gasteiger charge is -2.35. The lowest BCUT2D eigenvalue weighted by atomic mass is 10.1. The molecule has 0 spiro atoms. The van der Waals surface area contributed by atoms with E-state index in [4.69, 9.17) is 5.73 Å². The molecular formula is C29H45F3N6O. The maximum Gasteiger partial charge on any atom is 0.431 e. The molecule has 0 aromatic heterocycles. The molecular weight excluding hydrogens is 505 g/mol. The fourth-order valence-electron chi connectivity index (χ4n) is 3.53. The maximum absolute atomic E-state index is 13.1. The van der Waals surface area contributed by atoms with Gasteiger partial charge in [0, 0.05) is 44.6 Å². The van der Waals surface area contributed by atoms with Crippen LogP contribution in [0.5, 0.6) is 0 Å². The molecule has 0 aromatic rings. The summed E-state index contributed by atoms with van der Waals surface area (Å²) >= 11 is 0. The number of aliphatic imine (C=N–C) groups is 2. The van der Waals surface area contributed by atoms with Crippen LogP contribution in [0.4, 0.5) is 13.2 Å². The van der Waals surface area contributed by atoms with E-state index in [0.29, 0.717) is 43.2 Å². The van der Waals surface area contributed by atoms with Crippen LogP contribution in [0.25, 0.3) is 0 Å². The summed E-state index contributed by atoms with van der Waals surface area (Å²) in [4.78, 5) is 26.3. The van der Waals surface area contributed by atoms with Gasteiger partial charge in [0.25, 0.3) is 5.91 Å². The van der Waals surface area contributed by atoms with Crippen molar-refractivity contribution in [2.45, 2.75) is 59.7 Å². The SMILES string of the molecule is C=CC.C=CC=C.CC\C=C/N=C(C)\C(C)=C(/N)C(=O)N1CCN(C2=CN=C(C(F)(F)F)CN2C)CCC1C. The van der Waals surface area contributed by atoms with Crippen molar-refractivity contribution in [3.63, 3.8) is 0 Å². The lowest BCUT2D eigenvalue weighted by Crippen LogP contribution is -2.44. The zero-order valence-electron chi connectivity index (χ0n) is 24.3. The van der Waals surface area contributed by atoms with E-state index in [2.05, 4.69) is 29.7 Å². The number of halogens is 3. The summed E-state index contributed by atoms with van der Waals surface area (Å²) in [6.45, 7) is 20.7. The first-order valence-electron chi connectivity index (χ1n) is 12.9. The largest absolute Gasteiger partial charge is 0.431 e. The molecule has 0 saturated carbocycles. The van der Waals surface area contributed by atoms with Crippen LogP contribution in [0.15, 0.2) is 83.5 Å². The van der Waals surface area contributed by atoms with Crippen LogP contribution in [-0.2, 0) is 4.79 Å². The van der Waals surface area contributed by atoms with E-state index in [1.807, 2.05) is 38.7 Å². The number of carbonyl (C=O) groups is 1. The maximum atomic E-state index is 13.1. The Hall–Kier alpha value is -3.56. The molecule has 2 aliphatic heterocycles. The predicted octanol–water partition coefficient (Wildman–Crippen LogP) is 5.82. The molecule has 10 heteroatoms. The van der Waals surface area contributed by atoms with Gasteiger partial charge in [0.2, 0.25) is 0 Å². The van der Waals surface area contributed by atoms with Crippen molar-refractivity contribution < 1.29 is 18.0 Å². The van der Waals surface area contributed by atoms with E-state index in [9.17, 15) is 18.0 Å². The van der Waals surface area contributed by atoms with Gasteiger partial charge in [-0.1, -0.05) is 44.4 Å². The van der Waals surface area contributed by atoms with Gasteiger partial charge in [0.1, 0.15) is 17.2 Å². The van der Waals surface area contributed by atoms with E-state index >= 15 is 0 Å². The van der Waals surface area contributed by atoms with Crippen LogP contribution in [0.3, 0.4) is 0 Å². The molecule has 218 valence electrons. The molecule has 0 aromatic carbocycles. The number of amides is 1. The van der Waals surface area contributed by atoms with Crippen molar-refractivity contribution in [1.29, 1.82) is 0 Å². The van der Waals surface area contributed by atoms with Gasteiger partial charge in [-0.05, 0) is 46.1 Å². The Morgan fingerprint density at radius 3 is 2.28 bits per heavy atom. The van der Waals surface area contributed by atoms with Gasteiger partial charge < -0.3 is 20.4 Å². The number of allylic oxidation sites excluding steroid dienone is 5. The Labute approximate surface area is 232 Å². The number of alkyl halides is 3. The third-order valence-corrected chi connectivity index (χ3v) is 5.94. The minimum absolute atomic E-state index is 0.0696. The van der Waals surface area contributed by atoms with E-state index in [0.717, 1.165) is 6.42 Å². The minimum Gasteiger partial charge on any atom is -0.394 e. The Morgan fingerprint density at radius 1 is 1.21 bits per heavy atom. The monoisotopic (exact) mass is 550 g/mol. The average Bonchev–Trinajstić information content (AvgIpc) is 3.08. The first kappa shape index (κ1) is 35.4. The summed E-state index contributed by atoms with van der Waals surface area (Å²) in [7, 11) is 1.61. The van der Waals surface area contributed by atoms with Gasteiger partial charge in [-0.3, -0.25) is 14.8 Å². The van der Waals surface area contributed by atoms with E-state index < -0.39 is 11.9 Å². The normalized spacial score (nSPS) is 18.8. The fraction of sp³-hybridized carbons (Fsp3) is 0.483. The first-order chi connectivity index (χ1) is 18.3. The van der Waals surface area contributed by atoms with Crippen LogP contribution in [-0.4, -0.2) is 77.5 Å². The molecule has 39 heavy (non-hydrogen) atoms. The Bertz CT molecular complexity index is 985. The zero-order valence-corrected chi connectivity index (χ0v) is 24.3. The first-order valence-corrected chi connectivity index (χ1v) is 12.9. The molecule has 2 aliphatic rings. The minimum atomic E-state index is -4.44. The van der Waals surface area contributed by atoms with Crippen LogP contribution < -0.4 is 5.73 Å². The third kappa shape index (κ3) is 11.8. The summed E-state index contributed by atoms with van der Waals surface area (Å²) in [5, 5.41) is 0. The van der Waals surface area contributed by atoms with E-state index in [-0.39, 0.29) is 24.2 Å². The van der Waals surface area contributed by atoms with Crippen molar-refractivity contribution >= 4 is 17.3 Å². The number of nitrogens with zero attached hydrogens (tertiary/aromatic N) is 5. The van der Waals surface area contributed by atoms with Gasteiger partial charge >= 0.3 is 6.18 Å². The molecule has 1 amide bonds. The van der Waals surface area contributed by atoms with Gasteiger partial charge in [0.05, 0.1) is 12.7 Å². The highest BCUT2D eigenvalue weighted by Gasteiger charge is 2.38. The Balaban J connectivity index is 0.00000185. The summed E-state index contributed by atoms with van der Waals surface area (Å²) in [5.74, 6) is 0.360. The highest BCUT2D eigenvalue weighted by Crippen LogP contribution is 2.25. The molecule has 7 nitrogen and oxygen atoms in total. The topological polar surface area (TPSA) is 77.5 Å². The Kier molecular flexibility index (Phi) is 16.2. The number of hydrogen-bond donors (Lipinski definition) is 1. The number of rotatable bonds is 6. The number of hydrogen-bond acceptors (Lipinski definition) is 6. The van der Waals surface area contributed by atoms with Gasteiger partial charge in [-0.15, -0.1) is 6.58 Å². The van der Waals surface area contributed by atoms with Crippen molar-refractivity contribution in [2.75, 3.05) is 33.2 Å². The molecule has 0 aliphatic carbocycles. The average molecular weight is 551 g/mol. The highest BCUT2D eigenvalue weighted by molar-refractivity contribution is 6.06. The Morgan fingerprint density at radius 2 is 1.79 bits per heavy atom. The van der Waals surface area contributed by atoms with Gasteiger partial charge in [-0.2, -0.15) is 13.2 Å². The zero-order chi connectivity index (χ0) is 30.2. The third-order valence-electron chi connectivity index (χ3n) is 5.94. The van der Waals surface area contributed by atoms with E-state index in [1.165, 1.54) is 6.20 Å². The standard InChI is InChI=1S/C22H33F3N6O.C4H6.C3H6/c1-6-7-9-27-17(4)16(3)20(26)21(32)31-12-11-30(10-8-15(31)2)19-13-28-18(14-29(19)5)22(23,24)25;1-3-4-2;1-3-2/h7,9,13,15H,6,8,10-12,14,26H2,1-5H3;3-4H,1-2H2;3H,1H2,2H3/b9-7-,20-16-,27-17-;;. The molecule has 2 heterocycles. The summed E-state index contributed by atoms with van der Waals surface area (Å²) in [6, 6.07) is -0.0696. The molecule has 1 unspecified atom stereocenters. The molecule has 0 bridgehead atoms. The van der Waals surface area contributed by atoms with E-state index in [1.54, 1.807) is 48.2 Å². The smallest absolute Gasteiger partial charge is 0.394 e. The quantitative estimate of drug-likeness (QED) is 0.196. The van der Waals surface area contributed by atoms with Crippen LogP contribution in [0, 0.1) is 0 Å². The molecule has 1 atom stereocenters. The van der Waals surface area contributed by atoms with Gasteiger partial charge in [-0.25, -0.2) is 0 Å². The second kappa shape index (κ2) is 17.9. The molecule has 0 radical (unpaired) electrons. The predicted molar refractivity (Wildman–Crippen MR) is 157 cm³/mol. The second-order valence-corrected chi connectivity index (χ2v) is 8.97. The lowest BCUT2D eigenvalue weighted by molar-refractivity contribution is -0.129. The number of carbonyl (C=O) groups excluding carboxylic acids is 1. The van der Waals surface area contributed by atoms with Crippen LogP contribution in [0.1, 0.15) is 47.5 Å². The summed E-state index contributed by atoms with van der Waals surface area (Å²) in [6.07, 6.45) is 6.98. The number of nitrogens with two attached hydrogens (primary N) is 1. The van der Waals surface area contributed by atoms with Crippen molar-refractivity contribution in [3.05, 3.63) is 73.5 Å². The van der Waals surface area contributed by atoms with Crippen molar-refractivity contribution in [1.82, 2.24) is 14.7 Å². The molecule has 1 fully saturated rings.